The van der Waals surface area contributed by atoms with E-state index in [0.29, 0.717) is 33.2 Å². The summed E-state index contributed by atoms with van der Waals surface area (Å²) in [4.78, 5) is 24.4. The number of anilines is 1. The van der Waals surface area contributed by atoms with Crippen LogP contribution < -0.4 is 15.7 Å². The van der Waals surface area contributed by atoms with Gasteiger partial charge in [-0.05, 0) is 42.0 Å². The Balaban J connectivity index is 1.45. The molecule has 0 aliphatic heterocycles. The highest BCUT2D eigenvalue weighted by Crippen LogP contribution is 2.24. The molecule has 0 aliphatic carbocycles. The molecule has 144 valence electrons. The van der Waals surface area contributed by atoms with E-state index in [2.05, 4.69) is 5.32 Å². The minimum absolute atomic E-state index is 0.167. The van der Waals surface area contributed by atoms with Crippen molar-refractivity contribution in [2.75, 3.05) is 11.9 Å². The molecule has 3 aromatic carbocycles. The topological polar surface area (TPSA) is 68.5 Å². The summed E-state index contributed by atoms with van der Waals surface area (Å²) in [5.41, 5.74) is 1.89. The third-order valence-electron chi connectivity index (χ3n) is 4.32. The van der Waals surface area contributed by atoms with Crippen LogP contribution in [0.4, 0.5) is 5.69 Å². The van der Waals surface area contributed by atoms with E-state index < -0.39 is 5.63 Å². The fraction of sp³-hybridized carbons (Fsp3) is 0.0435. The normalized spacial score (nSPS) is 10.7. The molecule has 0 unspecified atom stereocenters. The molecule has 1 heterocycles. The van der Waals surface area contributed by atoms with Crippen LogP contribution in [0, 0.1) is 0 Å². The Bertz CT molecular complexity index is 1230. The number of carbonyl (C=O) groups excluding carboxylic acids is 1. The first kappa shape index (κ1) is 18.8. The van der Waals surface area contributed by atoms with Crippen molar-refractivity contribution in [2.24, 2.45) is 0 Å². The van der Waals surface area contributed by atoms with Crippen LogP contribution in [0.1, 0.15) is 0 Å². The first-order valence-corrected chi connectivity index (χ1v) is 9.28. The monoisotopic (exact) mass is 405 g/mol. The van der Waals surface area contributed by atoms with E-state index in [1.807, 2.05) is 18.2 Å². The van der Waals surface area contributed by atoms with Crippen LogP contribution in [0.2, 0.25) is 5.02 Å². The molecule has 0 saturated heterocycles. The van der Waals surface area contributed by atoms with Crippen molar-refractivity contribution in [3.63, 3.8) is 0 Å². The smallest absolute Gasteiger partial charge is 0.344 e. The van der Waals surface area contributed by atoms with Gasteiger partial charge in [0.2, 0.25) is 0 Å². The molecule has 0 atom stereocenters. The van der Waals surface area contributed by atoms with Gasteiger partial charge < -0.3 is 14.5 Å². The Hall–Kier alpha value is -3.57. The summed E-state index contributed by atoms with van der Waals surface area (Å²) in [5.74, 6) is 0.130. The van der Waals surface area contributed by atoms with E-state index in [-0.39, 0.29) is 12.5 Å². The van der Waals surface area contributed by atoms with E-state index in [9.17, 15) is 9.59 Å². The zero-order chi connectivity index (χ0) is 20.2. The van der Waals surface area contributed by atoms with Crippen molar-refractivity contribution in [3.8, 4) is 16.9 Å². The summed E-state index contributed by atoms with van der Waals surface area (Å²) < 4.78 is 10.8. The standard InChI is InChI=1S/C23H16ClNO4/c24-19-6-2-4-8-21(19)28-14-22(26)25-17-11-9-15(10-12-17)18-13-16-5-1-3-7-20(16)29-23(18)27/h1-13H,14H2,(H,25,26). The number of para-hydroxylation sites is 2. The van der Waals surface area contributed by atoms with Crippen LogP contribution in [0.25, 0.3) is 22.1 Å². The molecule has 0 bridgehead atoms. The van der Waals surface area contributed by atoms with Crippen LogP contribution in [0.3, 0.4) is 0 Å². The quantitative estimate of drug-likeness (QED) is 0.467. The molecule has 0 saturated carbocycles. The molecule has 0 spiro atoms. The molecule has 0 aliphatic rings. The Kier molecular flexibility index (Phi) is 5.31. The van der Waals surface area contributed by atoms with Gasteiger partial charge in [0.15, 0.2) is 6.61 Å². The highest BCUT2D eigenvalue weighted by atomic mass is 35.5. The van der Waals surface area contributed by atoms with Gasteiger partial charge in [0, 0.05) is 11.1 Å². The number of carbonyl (C=O) groups is 1. The van der Waals surface area contributed by atoms with Gasteiger partial charge in [-0.1, -0.05) is 54.1 Å². The number of nitrogens with one attached hydrogen (secondary N) is 1. The highest BCUT2D eigenvalue weighted by molar-refractivity contribution is 6.32. The molecule has 29 heavy (non-hydrogen) atoms. The molecule has 4 aromatic rings. The lowest BCUT2D eigenvalue weighted by molar-refractivity contribution is -0.118. The Morgan fingerprint density at radius 1 is 0.966 bits per heavy atom. The third kappa shape index (κ3) is 4.31. The van der Waals surface area contributed by atoms with Gasteiger partial charge in [0.25, 0.3) is 5.91 Å². The summed E-state index contributed by atoms with van der Waals surface area (Å²) in [6.07, 6.45) is 0. The molecule has 5 nitrogen and oxygen atoms in total. The molecular weight excluding hydrogens is 390 g/mol. The molecule has 1 N–H and O–H groups in total. The summed E-state index contributed by atoms with van der Waals surface area (Å²) in [6, 6.07) is 23.0. The average molecular weight is 406 g/mol. The lowest BCUT2D eigenvalue weighted by atomic mass is 10.1. The maximum Gasteiger partial charge on any atom is 0.344 e. The van der Waals surface area contributed by atoms with Crippen molar-refractivity contribution in [2.45, 2.75) is 0 Å². The van der Waals surface area contributed by atoms with E-state index in [0.717, 1.165) is 5.39 Å². The van der Waals surface area contributed by atoms with Gasteiger partial charge in [-0.25, -0.2) is 4.79 Å². The number of ether oxygens (including phenoxy) is 1. The van der Waals surface area contributed by atoms with Crippen LogP contribution in [0.15, 0.2) is 88.1 Å². The largest absolute Gasteiger partial charge is 0.482 e. The maximum absolute atomic E-state index is 12.3. The maximum atomic E-state index is 12.3. The SMILES string of the molecule is O=C(COc1ccccc1Cl)Nc1ccc(-c2cc3ccccc3oc2=O)cc1. The number of amides is 1. The summed E-state index contributed by atoms with van der Waals surface area (Å²) in [6.45, 7) is -0.167. The Morgan fingerprint density at radius 2 is 1.69 bits per heavy atom. The minimum atomic E-state index is -0.409. The number of halogens is 1. The first-order valence-electron chi connectivity index (χ1n) is 8.91. The molecule has 1 amide bonds. The van der Waals surface area contributed by atoms with E-state index in [4.69, 9.17) is 20.8 Å². The van der Waals surface area contributed by atoms with Gasteiger partial charge >= 0.3 is 5.63 Å². The first-order chi connectivity index (χ1) is 14.1. The predicted molar refractivity (Wildman–Crippen MR) is 113 cm³/mol. The van der Waals surface area contributed by atoms with E-state index in [1.165, 1.54) is 0 Å². The van der Waals surface area contributed by atoms with Crippen LogP contribution in [-0.4, -0.2) is 12.5 Å². The fourth-order valence-corrected chi connectivity index (χ4v) is 3.09. The lowest BCUT2D eigenvalue weighted by Gasteiger charge is -2.09. The Labute approximate surface area is 171 Å². The van der Waals surface area contributed by atoms with E-state index in [1.54, 1.807) is 60.7 Å². The molecular formula is C23H16ClNO4. The lowest BCUT2D eigenvalue weighted by Crippen LogP contribution is -2.20. The van der Waals surface area contributed by atoms with Crippen LogP contribution in [0.5, 0.6) is 5.75 Å². The zero-order valence-corrected chi connectivity index (χ0v) is 16.0. The van der Waals surface area contributed by atoms with Crippen molar-refractivity contribution in [1.82, 2.24) is 0 Å². The van der Waals surface area contributed by atoms with Gasteiger partial charge in [0.1, 0.15) is 11.3 Å². The highest BCUT2D eigenvalue weighted by Gasteiger charge is 2.09. The summed E-state index contributed by atoms with van der Waals surface area (Å²) >= 11 is 6.00. The van der Waals surface area contributed by atoms with Crippen molar-refractivity contribution < 1.29 is 13.9 Å². The predicted octanol–water partition coefficient (Wildman–Crippen LogP) is 5.13. The second-order valence-corrected chi connectivity index (χ2v) is 6.74. The van der Waals surface area contributed by atoms with E-state index >= 15 is 0 Å². The zero-order valence-electron chi connectivity index (χ0n) is 15.2. The summed E-state index contributed by atoms with van der Waals surface area (Å²) in [5, 5.41) is 4.03. The van der Waals surface area contributed by atoms with Gasteiger partial charge in [-0.15, -0.1) is 0 Å². The molecule has 0 radical (unpaired) electrons. The van der Waals surface area contributed by atoms with Crippen LogP contribution >= 0.6 is 11.6 Å². The van der Waals surface area contributed by atoms with Gasteiger partial charge in [-0.2, -0.15) is 0 Å². The summed E-state index contributed by atoms with van der Waals surface area (Å²) in [7, 11) is 0. The number of fused-ring (bicyclic) bond motifs is 1. The average Bonchev–Trinajstić information content (AvgIpc) is 2.73. The minimum Gasteiger partial charge on any atom is -0.482 e. The van der Waals surface area contributed by atoms with Gasteiger partial charge in [0.05, 0.1) is 10.6 Å². The molecule has 1 aromatic heterocycles. The van der Waals surface area contributed by atoms with Gasteiger partial charge in [-0.3, -0.25) is 4.79 Å². The van der Waals surface area contributed by atoms with Crippen LogP contribution in [-0.2, 0) is 4.79 Å². The van der Waals surface area contributed by atoms with Crippen molar-refractivity contribution in [3.05, 3.63) is 94.3 Å². The second kappa shape index (κ2) is 8.20. The molecule has 4 rings (SSSR count). The number of rotatable bonds is 5. The number of hydrogen-bond acceptors (Lipinski definition) is 4. The number of hydrogen-bond donors (Lipinski definition) is 1. The fourth-order valence-electron chi connectivity index (χ4n) is 2.90. The van der Waals surface area contributed by atoms with Crippen molar-refractivity contribution >= 4 is 34.2 Å². The molecule has 0 fully saturated rings. The van der Waals surface area contributed by atoms with Crippen molar-refractivity contribution in [1.29, 1.82) is 0 Å². The Morgan fingerprint density at radius 3 is 2.48 bits per heavy atom. The second-order valence-electron chi connectivity index (χ2n) is 6.33. The molecule has 6 heteroatoms. The number of benzene rings is 3. The third-order valence-corrected chi connectivity index (χ3v) is 4.63.